The van der Waals surface area contributed by atoms with Crippen molar-refractivity contribution in [1.82, 2.24) is 5.32 Å². The van der Waals surface area contributed by atoms with Crippen molar-refractivity contribution < 1.29 is 19.4 Å². The summed E-state index contributed by atoms with van der Waals surface area (Å²) in [6, 6.07) is 5.46. The predicted molar refractivity (Wildman–Crippen MR) is 57.2 cm³/mol. The number of halogens is 1. The Kier molecular flexibility index (Phi) is 4.72. The molecule has 0 spiro atoms. The molecule has 1 aromatic rings. The summed E-state index contributed by atoms with van der Waals surface area (Å²) in [5.74, 6) is -0.881. The molecule has 0 radical (unpaired) electrons. The van der Waals surface area contributed by atoms with Gasteiger partial charge in [-0.15, -0.1) is 0 Å². The number of phenols is 1. The average Bonchev–Trinajstić information content (AvgIpc) is 2.26. The van der Waals surface area contributed by atoms with E-state index in [4.69, 9.17) is 10.2 Å². The van der Waals surface area contributed by atoms with Gasteiger partial charge in [0.2, 0.25) is 0 Å². The monoisotopic (exact) mass is 226 g/mol. The van der Waals surface area contributed by atoms with Gasteiger partial charge < -0.3 is 15.5 Å². The van der Waals surface area contributed by atoms with E-state index >= 15 is 0 Å². The van der Waals surface area contributed by atoms with Crippen LogP contribution in [0.2, 0.25) is 0 Å². The number of carboxylic acids is 1. The first-order valence-electron chi connectivity index (χ1n) is 4.93. The Morgan fingerprint density at radius 3 is 2.50 bits per heavy atom. The third-order valence-electron chi connectivity index (χ3n) is 2.16. The molecule has 1 atom stereocenters. The Morgan fingerprint density at radius 2 is 2.00 bits per heavy atom. The first-order chi connectivity index (χ1) is 7.63. The molecule has 0 unspecified atom stereocenters. The number of rotatable bonds is 6. The molecule has 4 nitrogen and oxygen atoms in total. The highest BCUT2D eigenvalue weighted by Gasteiger charge is 2.16. The van der Waals surface area contributed by atoms with Crippen LogP contribution >= 0.6 is 0 Å². The first kappa shape index (κ1) is 12.4. The summed E-state index contributed by atoms with van der Waals surface area (Å²) in [7, 11) is 0. The van der Waals surface area contributed by atoms with E-state index in [2.05, 4.69) is 5.32 Å². The smallest absolute Gasteiger partial charge is 0.321 e. The SMILES string of the molecule is O=C(O)[C@H](Cc1ccc(O)cc1)NCC[18F]. The van der Waals surface area contributed by atoms with Gasteiger partial charge in [0.15, 0.2) is 0 Å². The third-order valence-corrected chi connectivity index (χ3v) is 2.16. The van der Waals surface area contributed by atoms with Gasteiger partial charge in [0, 0.05) is 6.54 Å². The molecule has 16 heavy (non-hydrogen) atoms. The minimum Gasteiger partial charge on any atom is -0.508 e. The number of nitrogens with one attached hydrogen (secondary N) is 1. The van der Waals surface area contributed by atoms with Crippen LogP contribution in [-0.2, 0) is 11.2 Å². The van der Waals surface area contributed by atoms with Gasteiger partial charge in [-0.1, -0.05) is 12.1 Å². The Bertz CT molecular complexity index is 340. The lowest BCUT2D eigenvalue weighted by Gasteiger charge is -2.13. The molecule has 0 saturated carbocycles. The van der Waals surface area contributed by atoms with Crippen molar-refractivity contribution in [2.75, 3.05) is 13.2 Å². The lowest BCUT2D eigenvalue weighted by Crippen LogP contribution is -2.39. The zero-order chi connectivity index (χ0) is 12.0. The number of hydrogen-bond donors (Lipinski definition) is 3. The van der Waals surface area contributed by atoms with Crippen LogP contribution in [0, 0.1) is 0 Å². The molecular formula is C11H14FNO3. The van der Waals surface area contributed by atoms with Crippen molar-refractivity contribution in [3.63, 3.8) is 0 Å². The molecule has 0 aliphatic carbocycles. The second-order valence-corrected chi connectivity index (χ2v) is 3.40. The van der Waals surface area contributed by atoms with Crippen LogP contribution in [0.25, 0.3) is 0 Å². The van der Waals surface area contributed by atoms with E-state index < -0.39 is 18.7 Å². The molecule has 1 rings (SSSR count). The average molecular weight is 226 g/mol. The number of aromatic hydroxyl groups is 1. The number of phenolic OH excluding ortho intramolecular Hbond substituents is 1. The van der Waals surface area contributed by atoms with Crippen molar-refractivity contribution in [1.29, 1.82) is 0 Å². The molecule has 1 aromatic carbocycles. The van der Waals surface area contributed by atoms with Gasteiger partial charge in [-0.3, -0.25) is 4.79 Å². The van der Waals surface area contributed by atoms with Crippen molar-refractivity contribution in [2.45, 2.75) is 12.5 Å². The number of carbonyl (C=O) groups is 1. The number of hydrogen-bond acceptors (Lipinski definition) is 3. The minimum atomic E-state index is -1.01. The van der Waals surface area contributed by atoms with Crippen molar-refractivity contribution >= 4 is 5.97 Å². The van der Waals surface area contributed by atoms with Crippen molar-refractivity contribution in [3.05, 3.63) is 29.8 Å². The molecule has 0 amide bonds. The van der Waals surface area contributed by atoms with Gasteiger partial charge in [-0.05, 0) is 24.1 Å². The molecule has 3 N–H and O–H groups in total. The van der Waals surface area contributed by atoms with Crippen LogP contribution in [-0.4, -0.2) is 35.4 Å². The lowest BCUT2D eigenvalue weighted by molar-refractivity contribution is -0.139. The molecule has 88 valence electrons. The van der Waals surface area contributed by atoms with E-state index in [1.54, 1.807) is 12.1 Å². The maximum atomic E-state index is 11.9. The van der Waals surface area contributed by atoms with Crippen molar-refractivity contribution in [3.8, 4) is 5.75 Å². The summed E-state index contributed by atoms with van der Waals surface area (Å²) < 4.78 is 11.9. The molecule has 0 aliphatic rings. The molecule has 0 bridgehead atoms. The fraction of sp³-hybridized carbons (Fsp3) is 0.364. The second kappa shape index (κ2) is 6.07. The fourth-order valence-corrected chi connectivity index (χ4v) is 1.34. The van der Waals surface area contributed by atoms with E-state index in [0.29, 0.717) is 0 Å². The van der Waals surface area contributed by atoms with Crippen LogP contribution in [0.3, 0.4) is 0 Å². The van der Waals surface area contributed by atoms with E-state index in [0.717, 1.165) is 5.56 Å². The zero-order valence-corrected chi connectivity index (χ0v) is 8.69. The molecule has 0 heterocycles. The second-order valence-electron chi connectivity index (χ2n) is 3.40. The fourth-order valence-electron chi connectivity index (χ4n) is 1.34. The van der Waals surface area contributed by atoms with Gasteiger partial charge >= 0.3 is 5.97 Å². The Balaban J connectivity index is 2.60. The van der Waals surface area contributed by atoms with Crippen LogP contribution in [0.4, 0.5) is 4.39 Å². The van der Waals surface area contributed by atoms with Gasteiger partial charge in [0.05, 0.1) is 0 Å². The molecule has 0 aliphatic heterocycles. The zero-order valence-electron chi connectivity index (χ0n) is 8.69. The van der Waals surface area contributed by atoms with E-state index in [1.165, 1.54) is 12.1 Å². The Hall–Kier alpha value is -1.62. The normalized spacial score (nSPS) is 12.3. The lowest BCUT2D eigenvalue weighted by atomic mass is 10.1. The predicted octanol–water partition coefficient (Wildman–Crippen LogP) is 0.947. The largest absolute Gasteiger partial charge is 0.508 e. The molecular weight excluding hydrogens is 212 g/mol. The Labute approximate surface area is 92.7 Å². The summed E-state index contributed by atoms with van der Waals surface area (Å²) >= 11 is 0. The summed E-state index contributed by atoms with van der Waals surface area (Å²) in [5.41, 5.74) is 0.775. The summed E-state index contributed by atoms with van der Waals surface area (Å²) in [4.78, 5) is 10.8. The Morgan fingerprint density at radius 1 is 1.38 bits per heavy atom. The third kappa shape index (κ3) is 3.86. The molecule has 0 saturated heterocycles. The topological polar surface area (TPSA) is 69.6 Å². The van der Waals surface area contributed by atoms with Crippen LogP contribution in [0.1, 0.15) is 5.56 Å². The van der Waals surface area contributed by atoms with Crippen LogP contribution < -0.4 is 5.32 Å². The standard InChI is InChI=1S/C11H14FNO3/c12-5-6-13-10(11(15)16)7-8-1-3-9(14)4-2-8/h1-4,10,13-14H,5-7H2,(H,15,16)/t10-/m0/s1/i12-1. The van der Waals surface area contributed by atoms with E-state index in [1.807, 2.05) is 0 Å². The van der Waals surface area contributed by atoms with Gasteiger partial charge in [0.25, 0.3) is 0 Å². The maximum absolute atomic E-state index is 11.9. The quantitative estimate of drug-likeness (QED) is 0.675. The van der Waals surface area contributed by atoms with Gasteiger partial charge in [-0.2, -0.15) is 0 Å². The number of aliphatic carboxylic acids is 1. The molecule has 5 heteroatoms. The number of alkyl halides is 1. The van der Waals surface area contributed by atoms with Gasteiger partial charge in [-0.25, -0.2) is 4.39 Å². The highest BCUT2D eigenvalue weighted by molar-refractivity contribution is 5.73. The summed E-state index contributed by atoms with van der Waals surface area (Å²) in [6.45, 7) is -0.575. The summed E-state index contributed by atoms with van der Waals surface area (Å²) in [6.07, 6.45) is 0.260. The molecule has 0 aromatic heterocycles. The van der Waals surface area contributed by atoms with E-state index in [-0.39, 0.29) is 18.7 Å². The van der Waals surface area contributed by atoms with Crippen LogP contribution in [0.15, 0.2) is 24.3 Å². The van der Waals surface area contributed by atoms with E-state index in [9.17, 15) is 9.18 Å². The van der Waals surface area contributed by atoms with Crippen molar-refractivity contribution in [2.24, 2.45) is 0 Å². The molecule has 0 fully saturated rings. The maximum Gasteiger partial charge on any atom is 0.321 e. The minimum absolute atomic E-state index is 0.0229. The number of benzene rings is 1. The first-order valence-corrected chi connectivity index (χ1v) is 4.93. The highest BCUT2D eigenvalue weighted by atomic mass is 18.2. The summed E-state index contributed by atoms with van der Waals surface area (Å²) in [5, 5.41) is 20.5. The highest BCUT2D eigenvalue weighted by Crippen LogP contribution is 2.11. The number of carboxylic acid groups (broad SMARTS) is 1. The van der Waals surface area contributed by atoms with Crippen LogP contribution in [0.5, 0.6) is 5.75 Å². The van der Waals surface area contributed by atoms with Gasteiger partial charge in [0.1, 0.15) is 18.5 Å².